The summed E-state index contributed by atoms with van der Waals surface area (Å²) in [7, 11) is 1.41. The Morgan fingerprint density at radius 3 is 2.45 bits per heavy atom. The number of rotatable bonds is 10. The smallest absolute Gasteiger partial charge is 0.278 e. The van der Waals surface area contributed by atoms with Gasteiger partial charge in [-0.3, -0.25) is 19.6 Å². The number of hydrazine groups is 1. The fraction of sp³-hybridized carbons (Fsp3) is 0.591. The summed E-state index contributed by atoms with van der Waals surface area (Å²) in [6, 6.07) is 6.42. The Labute approximate surface area is 183 Å². The molecule has 0 spiro atoms. The Bertz CT molecular complexity index is 724. The molecule has 3 atom stereocenters. The highest BCUT2D eigenvalue weighted by Crippen LogP contribution is 2.36. The molecule has 2 saturated heterocycles. The van der Waals surface area contributed by atoms with Crippen LogP contribution in [0.25, 0.3) is 0 Å². The number of para-hydroxylation sites is 1. The number of fused-ring (bicyclic) bond motifs is 1. The molecule has 3 N–H and O–H groups in total. The van der Waals surface area contributed by atoms with Gasteiger partial charge in [0.25, 0.3) is 5.91 Å². The van der Waals surface area contributed by atoms with Gasteiger partial charge in [0.2, 0.25) is 12.3 Å². The maximum absolute atomic E-state index is 12.6. The first-order valence-corrected chi connectivity index (χ1v) is 10.7. The Morgan fingerprint density at radius 1 is 1.29 bits per heavy atom. The lowest BCUT2D eigenvalue weighted by atomic mass is 9.99. The van der Waals surface area contributed by atoms with Gasteiger partial charge < -0.3 is 9.47 Å². The zero-order chi connectivity index (χ0) is 22.8. The molecule has 2 heterocycles. The monoisotopic (exact) mass is 435 g/mol. The van der Waals surface area contributed by atoms with Gasteiger partial charge in [0.15, 0.2) is 0 Å². The first kappa shape index (κ1) is 24.8. The summed E-state index contributed by atoms with van der Waals surface area (Å²) in [5.41, 5.74) is 0.157. The molecule has 1 aromatic carbocycles. The molecule has 9 heteroatoms. The maximum atomic E-state index is 12.6. The number of imide groups is 1. The lowest BCUT2D eigenvalue weighted by molar-refractivity contribution is -0.156. The summed E-state index contributed by atoms with van der Waals surface area (Å²) < 4.78 is 10.4. The van der Waals surface area contributed by atoms with Gasteiger partial charge in [-0.1, -0.05) is 38.3 Å². The highest BCUT2D eigenvalue weighted by atomic mass is 16.5. The van der Waals surface area contributed by atoms with E-state index in [9.17, 15) is 19.6 Å². The van der Waals surface area contributed by atoms with Gasteiger partial charge in [0, 0.05) is 0 Å². The van der Waals surface area contributed by atoms with E-state index in [4.69, 9.17) is 15.3 Å². The molecule has 1 aromatic rings. The summed E-state index contributed by atoms with van der Waals surface area (Å²) in [4.78, 5) is 35.7. The number of carbonyl (C=O) groups excluding carboxylic acids is 3. The van der Waals surface area contributed by atoms with Crippen molar-refractivity contribution >= 4 is 18.2 Å². The minimum atomic E-state index is -0.773. The number of hydrogen-bond acceptors (Lipinski definition) is 7. The molecule has 1 saturated carbocycles. The summed E-state index contributed by atoms with van der Waals surface area (Å²) in [6.07, 6.45) is 8.59. The van der Waals surface area contributed by atoms with Crippen molar-refractivity contribution in [3.05, 3.63) is 29.8 Å². The zero-order valence-corrected chi connectivity index (χ0v) is 18.2. The zero-order valence-electron chi connectivity index (χ0n) is 18.2. The number of hydroxylamine groups is 2. The van der Waals surface area contributed by atoms with E-state index in [2.05, 4.69) is 0 Å². The molecule has 9 nitrogen and oxygen atoms in total. The van der Waals surface area contributed by atoms with E-state index in [-0.39, 0.29) is 18.5 Å². The van der Waals surface area contributed by atoms with Gasteiger partial charge in [-0.2, -0.15) is 0 Å². The van der Waals surface area contributed by atoms with Crippen molar-refractivity contribution in [2.75, 3.05) is 13.7 Å². The number of nitrogens with two attached hydrogens (primary N) is 1. The van der Waals surface area contributed by atoms with E-state index in [0.717, 1.165) is 19.3 Å². The van der Waals surface area contributed by atoms with Gasteiger partial charge in [0.1, 0.15) is 5.75 Å². The van der Waals surface area contributed by atoms with E-state index in [0.29, 0.717) is 34.5 Å². The molecular weight excluding hydrogens is 402 g/mol. The van der Waals surface area contributed by atoms with Crippen molar-refractivity contribution in [3.8, 4) is 5.75 Å². The maximum Gasteiger partial charge on any atom is 0.278 e. The van der Waals surface area contributed by atoms with Gasteiger partial charge in [0.05, 0.1) is 37.3 Å². The van der Waals surface area contributed by atoms with Crippen molar-refractivity contribution in [3.63, 3.8) is 0 Å². The van der Waals surface area contributed by atoms with Crippen LogP contribution in [0.2, 0.25) is 0 Å². The van der Waals surface area contributed by atoms with Crippen LogP contribution >= 0.6 is 0 Å². The van der Waals surface area contributed by atoms with Crippen LogP contribution in [-0.2, 0) is 14.3 Å². The number of ether oxygens (including phenoxy) is 2. The quantitative estimate of drug-likeness (QED) is 0.145. The SMILES string of the molecule is C1CC2CC1O2.CCCCC[C@H](CN(O)C=O)C(=O)N(N)C(=O)c1ccccc1OC. The van der Waals surface area contributed by atoms with Gasteiger partial charge in [-0.15, -0.1) is 0 Å². The molecule has 2 aliphatic heterocycles. The number of nitrogens with zero attached hydrogens (tertiary/aromatic N) is 2. The molecule has 4 rings (SSSR count). The highest BCUT2D eigenvalue weighted by molar-refractivity contribution is 6.06. The minimum Gasteiger partial charge on any atom is -0.496 e. The molecule has 2 unspecified atom stereocenters. The standard InChI is InChI=1S/C17H25N3O5.C5H8O/c1-3-4-5-8-13(11-19(24)12-21)16(22)20(18)17(23)14-9-6-7-10-15(14)25-2;1-2-5-3-4(1)6-5/h6-7,9-10,12-13,24H,3-5,8,11,18H2,1-2H3;4-5H,1-3H2/t13-;/m1./s1. The van der Waals surface area contributed by atoms with Crippen molar-refractivity contribution in [2.45, 2.75) is 64.1 Å². The fourth-order valence-electron chi connectivity index (χ4n) is 3.75. The van der Waals surface area contributed by atoms with Crippen LogP contribution in [-0.4, -0.2) is 59.4 Å². The molecule has 31 heavy (non-hydrogen) atoms. The predicted molar refractivity (Wildman–Crippen MR) is 113 cm³/mol. The molecular formula is C22H33N3O6. The molecule has 0 radical (unpaired) electrons. The molecule has 1 aliphatic carbocycles. The van der Waals surface area contributed by atoms with Gasteiger partial charge in [-0.05, 0) is 37.8 Å². The Balaban J connectivity index is 0.000000474. The number of hydrogen-bond donors (Lipinski definition) is 2. The molecule has 3 fully saturated rings. The van der Waals surface area contributed by atoms with Gasteiger partial charge in [-0.25, -0.2) is 15.9 Å². The van der Waals surface area contributed by atoms with E-state index in [1.807, 2.05) is 6.92 Å². The predicted octanol–water partition coefficient (Wildman–Crippen LogP) is 2.52. The third kappa shape index (κ3) is 7.02. The summed E-state index contributed by atoms with van der Waals surface area (Å²) >= 11 is 0. The van der Waals surface area contributed by atoms with E-state index >= 15 is 0 Å². The fourth-order valence-corrected chi connectivity index (χ4v) is 3.75. The van der Waals surface area contributed by atoms with Crippen molar-refractivity contribution in [2.24, 2.45) is 11.8 Å². The Kier molecular flexibility index (Phi) is 9.90. The van der Waals surface area contributed by atoms with Crippen molar-refractivity contribution in [1.82, 2.24) is 10.1 Å². The van der Waals surface area contributed by atoms with Crippen molar-refractivity contribution < 1.29 is 29.1 Å². The topological polar surface area (TPSA) is 122 Å². The second-order valence-corrected chi connectivity index (χ2v) is 7.83. The second kappa shape index (κ2) is 12.4. The molecule has 3 amide bonds. The normalized spacial score (nSPS) is 19.4. The number of methoxy groups -OCH3 is 1. The van der Waals surface area contributed by atoms with Crippen LogP contribution in [0.5, 0.6) is 5.75 Å². The summed E-state index contributed by atoms with van der Waals surface area (Å²) in [5.74, 6) is 3.89. The average Bonchev–Trinajstić information content (AvgIpc) is 3.44. The highest BCUT2D eigenvalue weighted by Gasteiger charge is 2.36. The van der Waals surface area contributed by atoms with Crippen LogP contribution in [0.1, 0.15) is 62.2 Å². The number of benzene rings is 1. The lowest BCUT2D eigenvalue weighted by Gasteiger charge is -2.24. The molecule has 0 aromatic heterocycles. The third-order valence-corrected chi connectivity index (χ3v) is 5.55. The third-order valence-electron chi connectivity index (χ3n) is 5.55. The van der Waals surface area contributed by atoms with E-state index in [1.54, 1.807) is 18.2 Å². The van der Waals surface area contributed by atoms with Crippen LogP contribution < -0.4 is 10.6 Å². The summed E-state index contributed by atoms with van der Waals surface area (Å²) in [5, 5.41) is 10.3. The van der Waals surface area contributed by atoms with Crippen LogP contribution in [0.4, 0.5) is 0 Å². The lowest BCUT2D eigenvalue weighted by Crippen LogP contribution is -2.48. The largest absolute Gasteiger partial charge is 0.496 e. The molecule has 172 valence electrons. The van der Waals surface area contributed by atoms with Crippen LogP contribution in [0, 0.1) is 5.92 Å². The Morgan fingerprint density at radius 2 is 1.94 bits per heavy atom. The average molecular weight is 436 g/mol. The summed E-state index contributed by atoms with van der Waals surface area (Å²) in [6.45, 7) is 1.79. The number of carbonyl (C=O) groups is 3. The minimum absolute atomic E-state index is 0.157. The van der Waals surface area contributed by atoms with Crippen LogP contribution in [0.3, 0.4) is 0 Å². The van der Waals surface area contributed by atoms with Crippen molar-refractivity contribution in [1.29, 1.82) is 0 Å². The Hall–Kier alpha value is -2.49. The van der Waals surface area contributed by atoms with E-state index in [1.165, 1.54) is 32.4 Å². The second-order valence-electron chi connectivity index (χ2n) is 7.83. The van der Waals surface area contributed by atoms with E-state index < -0.39 is 17.7 Å². The number of unbranched alkanes of at least 4 members (excludes halogenated alkanes) is 2. The first-order chi connectivity index (χ1) is 14.9. The first-order valence-electron chi connectivity index (χ1n) is 10.7. The molecule has 3 aliphatic rings. The molecule has 2 bridgehead atoms. The number of amides is 3. The van der Waals surface area contributed by atoms with Gasteiger partial charge >= 0.3 is 0 Å². The van der Waals surface area contributed by atoms with Crippen LogP contribution in [0.15, 0.2) is 24.3 Å².